The van der Waals surface area contributed by atoms with E-state index in [4.69, 9.17) is 5.26 Å². The highest BCUT2D eigenvalue weighted by atomic mass is 16.2. The van der Waals surface area contributed by atoms with Gasteiger partial charge in [0.05, 0.1) is 12.5 Å². The van der Waals surface area contributed by atoms with Crippen molar-refractivity contribution in [3.8, 4) is 6.07 Å². The van der Waals surface area contributed by atoms with E-state index in [0.717, 1.165) is 4.90 Å². The molecule has 0 saturated carbocycles. The predicted octanol–water partition coefficient (Wildman–Crippen LogP) is 1.22. The number of likely N-dealkylation sites (N-methyl/N-ethyl adjacent to an activating group) is 1. The lowest BCUT2D eigenvalue weighted by molar-refractivity contribution is -0.136. The number of hydrogen-bond acceptors (Lipinski definition) is 4. The van der Waals surface area contributed by atoms with Crippen LogP contribution in [0.1, 0.15) is 13.3 Å². The monoisotopic (exact) mass is 314 g/mol. The first-order valence-corrected chi connectivity index (χ1v) is 7.28. The molecule has 0 radical (unpaired) electrons. The summed E-state index contributed by atoms with van der Waals surface area (Å²) in [6.07, 6.45) is 0.205. The molecule has 7 nitrogen and oxygen atoms in total. The number of hydrogen-bond donors (Lipinski definition) is 0. The van der Waals surface area contributed by atoms with Gasteiger partial charge in [-0.2, -0.15) is 5.26 Å². The summed E-state index contributed by atoms with van der Waals surface area (Å²) < 4.78 is 0. The van der Waals surface area contributed by atoms with Crippen LogP contribution in [0.5, 0.6) is 0 Å². The molecule has 1 heterocycles. The molecule has 1 saturated heterocycles. The number of imide groups is 1. The minimum Gasteiger partial charge on any atom is -0.343 e. The molecule has 0 bridgehead atoms. The summed E-state index contributed by atoms with van der Waals surface area (Å²) in [6.45, 7) is 1.59. The average Bonchev–Trinajstić information content (AvgIpc) is 2.77. The largest absolute Gasteiger partial charge is 0.343 e. The van der Waals surface area contributed by atoms with E-state index in [2.05, 4.69) is 0 Å². The van der Waals surface area contributed by atoms with Crippen molar-refractivity contribution in [2.75, 3.05) is 25.0 Å². The molecule has 0 aromatic heterocycles. The van der Waals surface area contributed by atoms with Crippen LogP contribution in [0.3, 0.4) is 0 Å². The van der Waals surface area contributed by atoms with Crippen LogP contribution >= 0.6 is 0 Å². The van der Waals surface area contributed by atoms with Gasteiger partial charge in [-0.1, -0.05) is 18.2 Å². The molecule has 4 amide bonds. The number of para-hydroxylation sites is 1. The third-order valence-electron chi connectivity index (χ3n) is 3.76. The third-order valence-corrected chi connectivity index (χ3v) is 3.76. The molecule has 120 valence electrons. The summed E-state index contributed by atoms with van der Waals surface area (Å²) >= 11 is 0. The van der Waals surface area contributed by atoms with Crippen molar-refractivity contribution in [3.63, 3.8) is 0 Å². The van der Waals surface area contributed by atoms with Crippen molar-refractivity contribution in [2.24, 2.45) is 0 Å². The number of carbonyl (C=O) groups is 3. The standard InChI is InChI=1S/C16H18N4O3/c1-12-15(22)19(11-14(21)18(2)10-6-9-17)16(23)20(12)13-7-4-3-5-8-13/h3-5,7-8,12H,6,10-11H2,1-2H3. The van der Waals surface area contributed by atoms with Crippen LogP contribution in [-0.2, 0) is 9.59 Å². The fraction of sp³-hybridized carbons (Fsp3) is 0.375. The molecular formula is C16H18N4O3. The van der Waals surface area contributed by atoms with Gasteiger partial charge in [0.1, 0.15) is 12.6 Å². The molecule has 1 fully saturated rings. The Morgan fingerprint density at radius 1 is 1.30 bits per heavy atom. The quantitative estimate of drug-likeness (QED) is 0.765. The van der Waals surface area contributed by atoms with E-state index < -0.39 is 18.0 Å². The van der Waals surface area contributed by atoms with Crippen molar-refractivity contribution >= 4 is 23.5 Å². The number of amides is 4. The number of carbonyl (C=O) groups excluding carboxylic acids is 3. The summed E-state index contributed by atoms with van der Waals surface area (Å²) in [4.78, 5) is 40.6. The van der Waals surface area contributed by atoms with E-state index in [1.807, 2.05) is 12.1 Å². The topological polar surface area (TPSA) is 84.7 Å². The highest BCUT2D eigenvalue weighted by Crippen LogP contribution is 2.25. The lowest BCUT2D eigenvalue weighted by Crippen LogP contribution is -2.42. The van der Waals surface area contributed by atoms with Crippen LogP contribution in [0, 0.1) is 11.3 Å². The molecule has 1 atom stereocenters. The normalized spacial score (nSPS) is 17.3. The number of rotatable bonds is 5. The zero-order valence-electron chi connectivity index (χ0n) is 13.1. The average molecular weight is 314 g/mol. The molecule has 23 heavy (non-hydrogen) atoms. The second-order valence-corrected chi connectivity index (χ2v) is 5.31. The van der Waals surface area contributed by atoms with Gasteiger partial charge in [-0.3, -0.25) is 19.4 Å². The van der Waals surface area contributed by atoms with Gasteiger partial charge >= 0.3 is 6.03 Å². The Morgan fingerprint density at radius 2 is 1.96 bits per heavy atom. The Morgan fingerprint density at radius 3 is 2.57 bits per heavy atom. The van der Waals surface area contributed by atoms with Crippen LogP contribution in [-0.4, -0.2) is 53.8 Å². The van der Waals surface area contributed by atoms with Crippen LogP contribution < -0.4 is 4.90 Å². The second kappa shape index (κ2) is 6.92. The SMILES string of the molecule is CC1C(=O)N(CC(=O)N(C)CCC#N)C(=O)N1c1ccccc1. The zero-order chi connectivity index (χ0) is 17.0. The van der Waals surface area contributed by atoms with E-state index in [9.17, 15) is 14.4 Å². The Bertz CT molecular complexity index is 653. The Hall–Kier alpha value is -2.88. The van der Waals surface area contributed by atoms with Crippen LogP contribution in [0.2, 0.25) is 0 Å². The minimum atomic E-state index is -0.651. The molecule has 0 aliphatic carbocycles. The van der Waals surface area contributed by atoms with Gasteiger partial charge in [-0.05, 0) is 19.1 Å². The molecular weight excluding hydrogens is 296 g/mol. The Kier molecular flexibility index (Phi) is 4.96. The van der Waals surface area contributed by atoms with Crippen LogP contribution in [0.4, 0.5) is 10.5 Å². The number of urea groups is 1. The van der Waals surface area contributed by atoms with E-state index in [-0.39, 0.29) is 25.4 Å². The van der Waals surface area contributed by atoms with Gasteiger partial charge in [0.2, 0.25) is 5.91 Å². The first kappa shape index (κ1) is 16.5. The highest BCUT2D eigenvalue weighted by molar-refractivity contribution is 6.15. The van der Waals surface area contributed by atoms with Crippen molar-refractivity contribution in [1.82, 2.24) is 9.80 Å². The minimum absolute atomic E-state index is 0.205. The van der Waals surface area contributed by atoms with Gasteiger partial charge in [-0.25, -0.2) is 4.79 Å². The lowest BCUT2D eigenvalue weighted by atomic mass is 10.2. The molecule has 1 aromatic rings. The number of nitriles is 1. The molecule has 1 aromatic carbocycles. The van der Waals surface area contributed by atoms with E-state index in [0.29, 0.717) is 5.69 Å². The maximum Gasteiger partial charge on any atom is 0.332 e. The van der Waals surface area contributed by atoms with E-state index >= 15 is 0 Å². The summed E-state index contributed by atoms with van der Waals surface area (Å²) in [5.74, 6) is -0.773. The highest BCUT2D eigenvalue weighted by Gasteiger charge is 2.44. The maximum absolute atomic E-state index is 12.5. The van der Waals surface area contributed by atoms with Crippen molar-refractivity contribution in [2.45, 2.75) is 19.4 Å². The van der Waals surface area contributed by atoms with Crippen molar-refractivity contribution < 1.29 is 14.4 Å². The Balaban J connectivity index is 2.12. The van der Waals surface area contributed by atoms with Crippen LogP contribution in [0.15, 0.2) is 30.3 Å². The smallest absolute Gasteiger partial charge is 0.332 e. The van der Waals surface area contributed by atoms with Gasteiger partial charge in [0.25, 0.3) is 5.91 Å². The molecule has 1 aliphatic rings. The van der Waals surface area contributed by atoms with Crippen molar-refractivity contribution in [3.05, 3.63) is 30.3 Å². The molecule has 7 heteroatoms. The lowest BCUT2D eigenvalue weighted by Gasteiger charge is -2.20. The summed E-state index contributed by atoms with van der Waals surface area (Å²) in [5, 5.41) is 8.55. The first-order chi connectivity index (χ1) is 11.0. The van der Waals surface area contributed by atoms with Gasteiger partial charge < -0.3 is 4.90 Å². The van der Waals surface area contributed by atoms with Crippen molar-refractivity contribution in [1.29, 1.82) is 5.26 Å². The fourth-order valence-electron chi connectivity index (χ4n) is 2.39. The molecule has 1 aliphatic heterocycles. The van der Waals surface area contributed by atoms with Gasteiger partial charge in [-0.15, -0.1) is 0 Å². The van der Waals surface area contributed by atoms with Crippen LogP contribution in [0.25, 0.3) is 0 Å². The van der Waals surface area contributed by atoms with E-state index in [1.165, 1.54) is 9.80 Å². The summed E-state index contributed by atoms with van der Waals surface area (Å²) in [7, 11) is 1.54. The number of nitrogens with zero attached hydrogens (tertiary/aromatic N) is 4. The predicted molar refractivity (Wildman–Crippen MR) is 83.4 cm³/mol. The number of benzene rings is 1. The Labute approximate surface area is 134 Å². The summed E-state index contributed by atoms with van der Waals surface area (Å²) in [6, 6.07) is 9.66. The zero-order valence-corrected chi connectivity index (χ0v) is 13.1. The second-order valence-electron chi connectivity index (χ2n) is 5.31. The molecule has 1 unspecified atom stereocenters. The molecule has 0 N–H and O–H groups in total. The van der Waals surface area contributed by atoms with Gasteiger partial charge in [0.15, 0.2) is 0 Å². The molecule has 0 spiro atoms. The molecule has 2 rings (SSSR count). The van der Waals surface area contributed by atoms with E-state index in [1.54, 1.807) is 38.2 Å². The fourth-order valence-corrected chi connectivity index (χ4v) is 2.39. The summed E-state index contributed by atoms with van der Waals surface area (Å²) in [5.41, 5.74) is 0.617. The third kappa shape index (κ3) is 3.31. The number of anilines is 1. The van der Waals surface area contributed by atoms with Gasteiger partial charge in [0, 0.05) is 19.3 Å². The first-order valence-electron chi connectivity index (χ1n) is 7.28. The maximum atomic E-state index is 12.5.